The number of anilines is 1. The molecule has 0 amide bonds. The number of methoxy groups -OCH3 is 1. The van der Waals surface area contributed by atoms with E-state index in [-0.39, 0.29) is 5.15 Å². The lowest BCUT2D eigenvalue weighted by atomic mass is 10.1. The van der Waals surface area contributed by atoms with Gasteiger partial charge in [0.2, 0.25) is 0 Å². The quantitative estimate of drug-likeness (QED) is 0.450. The summed E-state index contributed by atoms with van der Waals surface area (Å²) in [6.07, 6.45) is 10.3. The van der Waals surface area contributed by atoms with Crippen LogP contribution in [0, 0.1) is 0 Å². The van der Waals surface area contributed by atoms with Crippen LogP contribution in [0.2, 0.25) is 5.15 Å². The van der Waals surface area contributed by atoms with Crippen molar-refractivity contribution < 1.29 is 9.53 Å². The van der Waals surface area contributed by atoms with Crippen molar-refractivity contribution in [3.63, 3.8) is 0 Å². The second-order valence-electron chi connectivity index (χ2n) is 5.03. The Morgan fingerprint density at radius 2 is 1.81 bits per heavy atom. The second-order valence-corrected chi connectivity index (χ2v) is 6.39. The molecule has 0 bridgehead atoms. The van der Waals surface area contributed by atoms with Crippen LogP contribution in [-0.2, 0) is 4.74 Å². The number of ether oxygens (including phenoxy) is 1. The predicted molar refractivity (Wildman–Crippen MR) is 89.6 cm³/mol. The van der Waals surface area contributed by atoms with Gasteiger partial charge in [-0.3, -0.25) is 0 Å². The summed E-state index contributed by atoms with van der Waals surface area (Å²) in [6.45, 7) is 3.10. The van der Waals surface area contributed by atoms with Crippen LogP contribution in [0.25, 0.3) is 0 Å². The zero-order valence-corrected chi connectivity index (χ0v) is 14.5. The first-order valence-corrected chi connectivity index (χ1v) is 8.87. The average molecular weight is 333 g/mol. The van der Waals surface area contributed by atoms with Gasteiger partial charge in [0.25, 0.3) is 0 Å². The molecule has 1 aromatic heterocycles. The van der Waals surface area contributed by atoms with Gasteiger partial charge >= 0.3 is 5.97 Å². The standard InChI is InChI=1S/C15H25ClN2O2S/c1-3-4-5-6-7-8-9-10-11-17-15-18-13(16)12(21-15)14(19)20-2/h3-11H2,1-2H3,(H,17,18). The fourth-order valence-electron chi connectivity index (χ4n) is 2.05. The number of carbonyl (C=O) groups is 1. The zero-order chi connectivity index (χ0) is 15.5. The van der Waals surface area contributed by atoms with Crippen molar-refractivity contribution in [1.82, 2.24) is 4.98 Å². The van der Waals surface area contributed by atoms with Crippen molar-refractivity contribution in [3.05, 3.63) is 10.0 Å². The van der Waals surface area contributed by atoms with Gasteiger partial charge in [0.15, 0.2) is 15.2 Å². The first-order chi connectivity index (χ1) is 10.2. The van der Waals surface area contributed by atoms with E-state index in [4.69, 9.17) is 11.6 Å². The molecule has 0 aliphatic rings. The first kappa shape index (κ1) is 18.2. The number of rotatable bonds is 11. The molecule has 6 heteroatoms. The van der Waals surface area contributed by atoms with E-state index in [9.17, 15) is 4.79 Å². The SMILES string of the molecule is CCCCCCCCCCNc1nc(Cl)c(C(=O)OC)s1. The third-order valence-corrected chi connectivity index (χ3v) is 4.64. The molecule has 0 unspecified atom stereocenters. The van der Waals surface area contributed by atoms with Gasteiger partial charge in [-0.1, -0.05) is 74.8 Å². The molecule has 0 radical (unpaired) electrons. The van der Waals surface area contributed by atoms with Crippen molar-refractivity contribution in [2.75, 3.05) is 19.0 Å². The Labute approximate surface area is 136 Å². The van der Waals surface area contributed by atoms with Crippen LogP contribution in [0.4, 0.5) is 5.13 Å². The molecule has 0 saturated carbocycles. The maximum Gasteiger partial charge on any atom is 0.351 e. The van der Waals surface area contributed by atoms with Crippen molar-refractivity contribution in [2.24, 2.45) is 0 Å². The lowest BCUT2D eigenvalue weighted by molar-refractivity contribution is 0.0606. The lowest BCUT2D eigenvalue weighted by Crippen LogP contribution is -2.00. The number of hydrogen-bond acceptors (Lipinski definition) is 5. The number of nitrogens with zero attached hydrogens (tertiary/aromatic N) is 1. The summed E-state index contributed by atoms with van der Waals surface area (Å²) in [5.41, 5.74) is 0. The van der Waals surface area contributed by atoms with E-state index in [1.807, 2.05) is 0 Å². The van der Waals surface area contributed by atoms with Crippen molar-refractivity contribution in [3.8, 4) is 0 Å². The minimum atomic E-state index is -0.433. The van der Waals surface area contributed by atoms with Crippen LogP contribution in [0.5, 0.6) is 0 Å². The number of hydrogen-bond donors (Lipinski definition) is 1. The smallest absolute Gasteiger partial charge is 0.351 e. The fourth-order valence-corrected chi connectivity index (χ4v) is 3.18. The highest BCUT2D eigenvalue weighted by atomic mass is 35.5. The molecule has 0 saturated heterocycles. The van der Waals surface area contributed by atoms with E-state index in [2.05, 4.69) is 22.0 Å². The molecule has 0 aromatic carbocycles. The molecule has 120 valence electrons. The van der Waals surface area contributed by atoms with E-state index in [0.29, 0.717) is 10.0 Å². The highest BCUT2D eigenvalue weighted by Crippen LogP contribution is 2.27. The Morgan fingerprint density at radius 3 is 2.43 bits per heavy atom. The maximum atomic E-state index is 11.4. The lowest BCUT2D eigenvalue weighted by Gasteiger charge is -2.03. The summed E-state index contributed by atoms with van der Waals surface area (Å²) in [5.74, 6) is -0.433. The summed E-state index contributed by atoms with van der Waals surface area (Å²) >= 11 is 7.14. The van der Waals surface area contributed by atoms with Crippen LogP contribution in [-0.4, -0.2) is 24.6 Å². The molecule has 0 aliphatic heterocycles. The van der Waals surface area contributed by atoms with Crippen molar-refractivity contribution >= 4 is 34.0 Å². The van der Waals surface area contributed by atoms with Gasteiger partial charge in [-0.2, -0.15) is 0 Å². The van der Waals surface area contributed by atoms with Gasteiger partial charge in [-0.05, 0) is 6.42 Å². The molecular weight excluding hydrogens is 308 g/mol. The molecule has 0 aliphatic carbocycles. The highest BCUT2D eigenvalue weighted by molar-refractivity contribution is 7.18. The molecular formula is C15H25ClN2O2S. The number of esters is 1. The molecule has 1 heterocycles. The minimum Gasteiger partial charge on any atom is -0.465 e. The fraction of sp³-hybridized carbons (Fsp3) is 0.733. The molecule has 0 fully saturated rings. The molecule has 1 N–H and O–H groups in total. The van der Waals surface area contributed by atoms with Crippen LogP contribution in [0.1, 0.15) is 68.0 Å². The molecule has 1 aromatic rings. The van der Waals surface area contributed by atoms with Crippen LogP contribution < -0.4 is 5.32 Å². The zero-order valence-electron chi connectivity index (χ0n) is 12.9. The molecule has 0 atom stereocenters. The van der Waals surface area contributed by atoms with E-state index >= 15 is 0 Å². The van der Waals surface area contributed by atoms with Crippen molar-refractivity contribution in [2.45, 2.75) is 58.3 Å². The third kappa shape index (κ3) is 7.14. The number of thiazole rings is 1. The Balaban J connectivity index is 2.12. The Bertz CT molecular complexity index is 424. The van der Waals surface area contributed by atoms with E-state index < -0.39 is 5.97 Å². The highest BCUT2D eigenvalue weighted by Gasteiger charge is 2.16. The number of carbonyl (C=O) groups excluding carboxylic acids is 1. The summed E-state index contributed by atoms with van der Waals surface area (Å²) < 4.78 is 4.65. The largest absolute Gasteiger partial charge is 0.465 e. The van der Waals surface area contributed by atoms with Crippen molar-refractivity contribution in [1.29, 1.82) is 0 Å². The first-order valence-electron chi connectivity index (χ1n) is 7.67. The normalized spacial score (nSPS) is 10.6. The molecule has 21 heavy (non-hydrogen) atoms. The van der Waals surface area contributed by atoms with Gasteiger partial charge in [-0.25, -0.2) is 9.78 Å². The monoisotopic (exact) mass is 332 g/mol. The number of halogens is 1. The summed E-state index contributed by atoms with van der Waals surface area (Å²) in [6, 6.07) is 0. The van der Waals surface area contributed by atoms with Gasteiger partial charge < -0.3 is 10.1 Å². The van der Waals surface area contributed by atoms with E-state index in [1.54, 1.807) is 0 Å². The summed E-state index contributed by atoms with van der Waals surface area (Å²) in [7, 11) is 1.34. The summed E-state index contributed by atoms with van der Waals surface area (Å²) in [5, 5.41) is 4.11. The Kier molecular flexibility index (Phi) is 9.42. The van der Waals surface area contributed by atoms with Gasteiger partial charge in [-0.15, -0.1) is 0 Å². The van der Waals surface area contributed by atoms with Crippen LogP contribution in [0.15, 0.2) is 0 Å². The number of nitrogens with one attached hydrogen (secondary N) is 1. The van der Waals surface area contributed by atoms with Gasteiger partial charge in [0.1, 0.15) is 0 Å². The van der Waals surface area contributed by atoms with E-state index in [0.717, 1.165) is 13.0 Å². The minimum absolute atomic E-state index is 0.213. The Hall–Kier alpha value is -0.810. The number of aromatic nitrogens is 1. The molecule has 0 spiro atoms. The molecule has 1 rings (SSSR count). The van der Waals surface area contributed by atoms with Gasteiger partial charge in [0, 0.05) is 6.54 Å². The summed E-state index contributed by atoms with van der Waals surface area (Å²) in [4.78, 5) is 15.9. The Morgan fingerprint density at radius 1 is 1.19 bits per heavy atom. The van der Waals surface area contributed by atoms with Crippen LogP contribution in [0.3, 0.4) is 0 Å². The predicted octanol–water partition coefficient (Wildman–Crippen LogP) is 5.14. The van der Waals surface area contributed by atoms with Gasteiger partial charge in [0.05, 0.1) is 7.11 Å². The van der Waals surface area contributed by atoms with Crippen LogP contribution >= 0.6 is 22.9 Å². The van der Waals surface area contributed by atoms with E-state index in [1.165, 1.54) is 63.4 Å². The topological polar surface area (TPSA) is 51.2 Å². The third-order valence-electron chi connectivity index (χ3n) is 3.26. The maximum absolute atomic E-state index is 11.4. The number of unbranched alkanes of at least 4 members (excludes halogenated alkanes) is 7. The second kappa shape index (κ2) is 10.9. The average Bonchev–Trinajstić information content (AvgIpc) is 2.85. The molecule has 4 nitrogen and oxygen atoms in total.